The molecule has 0 radical (unpaired) electrons. The molecule has 5 rings (SSSR count). The van der Waals surface area contributed by atoms with Crippen LogP contribution in [0.15, 0.2) is 54.9 Å². The van der Waals surface area contributed by atoms with Crippen molar-refractivity contribution in [1.82, 2.24) is 14.5 Å². The molecule has 0 unspecified atom stereocenters. The van der Waals surface area contributed by atoms with Gasteiger partial charge in [-0.25, -0.2) is 8.78 Å². The topological polar surface area (TPSA) is 58.4 Å². The molecule has 3 heterocycles. The molecule has 0 bridgehead atoms. The number of aromatic nitrogens is 2. The number of aryl methyl sites for hydroxylation is 1. The lowest BCUT2D eigenvalue weighted by atomic mass is 9.95. The summed E-state index contributed by atoms with van der Waals surface area (Å²) in [5, 5.41) is 11.1. The van der Waals surface area contributed by atoms with Gasteiger partial charge in [0.1, 0.15) is 11.6 Å². The molecule has 1 amide bonds. The maximum absolute atomic E-state index is 15.1. The zero-order valence-corrected chi connectivity index (χ0v) is 18.6. The number of carbonyl (C=O) groups excluding carboxylic acids is 1. The number of benzene rings is 2. The van der Waals surface area contributed by atoms with Crippen LogP contribution in [-0.2, 0) is 25.7 Å². The molecule has 2 aromatic carbocycles. The van der Waals surface area contributed by atoms with Gasteiger partial charge in [0, 0.05) is 41.5 Å². The van der Waals surface area contributed by atoms with E-state index in [0.29, 0.717) is 22.4 Å². The van der Waals surface area contributed by atoms with E-state index in [1.165, 1.54) is 17.0 Å². The van der Waals surface area contributed by atoms with Gasteiger partial charge in [-0.3, -0.25) is 9.78 Å². The van der Waals surface area contributed by atoms with Crippen LogP contribution in [0.3, 0.4) is 0 Å². The van der Waals surface area contributed by atoms with Gasteiger partial charge in [-0.2, -0.15) is 0 Å². The van der Waals surface area contributed by atoms with Crippen molar-refractivity contribution in [3.8, 4) is 11.1 Å². The lowest BCUT2D eigenvalue weighted by Gasteiger charge is -2.18. The minimum absolute atomic E-state index is 0.149. The van der Waals surface area contributed by atoms with Crippen LogP contribution in [0.2, 0.25) is 0 Å². The number of hydrogen-bond acceptors (Lipinski definition) is 3. The SMILES string of the molecule is Cn1cc(-c2cc(F)c(CN3Cc4ncccc4C3=O)c(F)c2)c2ccc(C(C)(C)O)cc21. The van der Waals surface area contributed by atoms with E-state index in [0.717, 1.165) is 16.5 Å². The molecule has 0 saturated carbocycles. The number of nitrogens with zero attached hydrogens (tertiary/aromatic N) is 3. The Labute approximate surface area is 189 Å². The van der Waals surface area contributed by atoms with Gasteiger partial charge >= 0.3 is 0 Å². The number of rotatable bonds is 4. The standard InChI is InChI=1S/C26H23F2N3O2/c1-26(2,33)16-6-7-17-19(12-30(3)24(17)11-16)15-9-21(27)20(22(28)10-15)13-31-14-23-18(25(31)32)5-4-8-29-23/h4-12,33H,13-14H2,1-3H3. The Morgan fingerprint density at radius 1 is 1.09 bits per heavy atom. The van der Waals surface area contributed by atoms with E-state index in [2.05, 4.69) is 4.98 Å². The van der Waals surface area contributed by atoms with Gasteiger partial charge in [0.15, 0.2) is 0 Å². The second-order valence-electron chi connectivity index (χ2n) is 9.02. The van der Waals surface area contributed by atoms with E-state index in [-0.39, 0.29) is 24.6 Å². The summed E-state index contributed by atoms with van der Waals surface area (Å²) in [6, 6.07) is 11.5. The lowest BCUT2D eigenvalue weighted by Crippen LogP contribution is -2.24. The molecule has 0 saturated heterocycles. The summed E-state index contributed by atoms with van der Waals surface area (Å²) in [7, 11) is 1.85. The van der Waals surface area contributed by atoms with Crippen LogP contribution in [0.25, 0.3) is 22.0 Å². The van der Waals surface area contributed by atoms with Gasteiger partial charge in [-0.15, -0.1) is 0 Å². The normalized spacial score (nSPS) is 13.8. The molecule has 1 aliphatic heterocycles. The molecule has 33 heavy (non-hydrogen) atoms. The molecule has 0 spiro atoms. The molecule has 0 atom stereocenters. The Balaban J connectivity index is 1.50. The number of amides is 1. The summed E-state index contributed by atoms with van der Waals surface area (Å²) in [5.41, 5.74) is 2.63. The second kappa shape index (κ2) is 7.49. The molecule has 1 aliphatic rings. The summed E-state index contributed by atoms with van der Waals surface area (Å²) in [6.07, 6.45) is 3.42. The van der Waals surface area contributed by atoms with Gasteiger partial charge in [-0.05, 0) is 55.3 Å². The number of fused-ring (bicyclic) bond motifs is 2. The molecule has 2 aromatic heterocycles. The molecule has 1 N–H and O–H groups in total. The first kappa shape index (κ1) is 21.3. The summed E-state index contributed by atoms with van der Waals surface area (Å²) < 4.78 is 32.1. The Kier molecular flexibility index (Phi) is 4.83. The van der Waals surface area contributed by atoms with Crippen molar-refractivity contribution in [1.29, 1.82) is 0 Å². The fraction of sp³-hybridized carbons (Fsp3) is 0.231. The highest BCUT2D eigenvalue weighted by molar-refractivity contribution is 5.98. The third-order valence-electron chi connectivity index (χ3n) is 6.25. The summed E-state index contributed by atoms with van der Waals surface area (Å²) in [6.45, 7) is 3.47. The van der Waals surface area contributed by atoms with E-state index in [4.69, 9.17) is 0 Å². The fourth-order valence-corrected chi connectivity index (χ4v) is 4.40. The van der Waals surface area contributed by atoms with Crippen LogP contribution in [0, 0.1) is 11.6 Å². The first-order valence-electron chi connectivity index (χ1n) is 10.7. The molecule has 4 aromatic rings. The van der Waals surface area contributed by atoms with Gasteiger partial charge < -0.3 is 14.6 Å². The molecule has 168 valence electrons. The average Bonchev–Trinajstić information content (AvgIpc) is 3.27. The van der Waals surface area contributed by atoms with Crippen LogP contribution in [0.1, 0.15) is 41.0 Å². The summed E-state index contributed by atoms with van der Waals surface area (Å²) >= 11 is 0. The Morgan fingerprint density at radius 2 is 1.82 bits per heavy atom. The minimum Gasteiger partial charge on any atom is -0.386 e. The average molecular weight is 447 g/mol. The molecule has 0 fully saturated rings. The zero-order chi connectivity index (χ0) is 23.5. The van der Waals surface area contributed by atoms with Gasteiger partial charge in [-0.1, -0.05) is 12.1 Å². The van der Waals surface area contributed by atoms with E-state index < -0.39 is 17.2 Å². The van der Waals surface area contributed by atoms with E-state index in [9.17, 15) is 9.90 Å². The first-order chi connectivity index (χ1) is 15.6. The predicted octanol–water partition coefficient (Wildman–Crippen LogP) is 4.90. The molecule has 0 aliphatic carbocycles. The Bertz CT molecular complexity index is 1400. The Morgan fingerprint density at radius 3 is 2.48 bits per heavy atom. The summed E-state index contributed by atoms with van der Waals surface area (Å²) in [5.74, 6) is -1.68. The van der Waals surface area contributed by atoms with Crippen molar-refractivity contribution in [2.24, 2.45) is 7.05 Å². The smallest absolute Gasteiger partial charge is 0.256 e. The highest BCUT2D eigenvalue weighted by atomic mass is 19.1. The van der Waals surface area contributed by atoms with Crippen molar-refractivity contribution in [2.75, 3.05) is 0 Å². The Hall–Kier alpha value is -3.58. The van der Waals surface area contributed by atoms with Crippen LogP contribution in [0.4, 0.5) is 8.78 Å². The van der Waals surface area contributed by atoms with Crippen molar-refractivity contribution < 1.29 is 18.7 Å². The zero-order valence-electron chi connectivity index (χ0n) is 18.6. The molecular formula is C26H23F2N3O2. The van der Waals surface area contributed by atoms with Gasteiger partial charge in [0.2, 0.25) is 0 Å². The molecular weight excluding hydrogens is 424 g/mol. The van der Waals surface area contributed by atoms with Crippen molar-refractivity contribution in [2.45, 2.75) is 32.5 Å². The first-order valence-corrected chi connectivity index (χ1v) is 10.7. The quantitative estimate of drug-likeness (QED) is 0.484. The van der Waals surface area contributed by atoms with E-state index in [1.54, 1.807) is 32.2 Å². The van der Waals surface area contributed by atoms with E-state index >= 15 is 8.78 Å². The number of hydrogen-bond donors (Lipinski definition) is 1. The molecule has 7 heteroatoms. The van der Waals surface area contributed by atoms with Gasteiger partial charge in [0.25, 0.3) is 5.91 Å². The van der Waals surface area contributed by atoms with Crippen LogP contribution in [0.5, 0.6) is 0 Å². The van der Waals surface area contributed by atoms with E-state index in [1.807, 2.05) is 36.0 Å². The predicted molar refractivity (Wildman–Crippen MR) is 121 cm³/mol. The van der Waals surface area contributed by atoms with Crippen molar-refractivity contribution in [3.63, 3.8) is 0 Å². The molecule has 5 nitrogen and oxygen atoms in total. The highest BCUT2D eigenvalue weighted by Crippen LogP contribution is 2.35. The van der Waals surface area contributed by atoms with Crippen LogP contribution in [-0.4, -0.2) is 25.5 Å². The number of halogens is 2. The van der Waals surface area contributed by atoms with Gasteiger partial charge in [0.05, 0.1) is 29.9 Å². The van der Waals surface area contributed by atoms with Crippen LogP contribution < -0.4 is 0 Å². The second-order valence-corrected chi connectivity index (χ2v) is 9.02. The number of pyridine rings is 1. The summed E-state index contributed by atoms with van der Waals surface area (Å²) in [4.78, 5) is 18.2. The van der Waals surface area contributed by atoms with Crippen molar-refractivity contribution >= 4 is 16.8 Å². The highest BCUT2D eigenvalue weighted by Gasteiger charge is 2.30. The number of aliphatic hydroxyl groups is 1. The maximum atomic E-state index is 15.1. The maximum Gasteiger partial charge on any atom is 0.256 e. The van der Waals surface area contributed by atoms with Crippen LogP contribution >= 0.6 is 0 Å². The lowest BCUT2D eigenvalue weighted by molar-refractivity contribution is 0.0761. The number of carbonyl (C=O) groups is 1. The largest absolute Gasteiger partial charge is 0.386 e. The monoisotopic (exact) mass is 447 g/mol. The fourth-order valence-electron chi connectivity index (χ4n) is 4.40. The third kappa shape index (κ3) is 3.58. The van der Waals surface area contributed by atoms with Crippen molar-refractivity contribution in [3.05, 3.63) is 88.9 Å². The minimum atomic E-state index is -0.999. The third-order valence-corrected chi connectivity index (χ3v) is 6.25.